The summed E-state index contributed by atoms with van der Waals surface area (Å²) in [7, 11) is 0. The van der Waals surface area contributed by atoms with Crippen LogP contribution in [0, 0.1) is 5.92 Å². The number of carboxylic acids is 1. The molecule has 1 saturated carbocycles. The van der Waals surface area contributed by atoms with Gasteiger partial charge < -0.3 is 9.94 Å². The molecular formula is C11H17NO4. The van der Waals surface area contributed by atoms with Crippen LogP contribution in [0.4, 0.5) is 0 Å². The summed E-state index contributed by atoms with van der Waals surface area (Å²) >= 11 is 0. The van der Waals surface area contributed by atoms with Crippen LogP contribution in [0.2, 0.25) is 0 Å². The Morgan fingerprint density at radius 2 is 1.94 bits per heavy atom. The summed E-state index contributed by atoms with van der Waals surface area (Å²) in [5.74, 6) is -1.56. The maximum atomic E-state index is 10.9. The molecule has 0 aliphatic heterocycles. The highest BCUT2D eigenvalue weighted by Crippen LogP contribution is 2.26. The number of hydrogen-bond acceptors (Lipinski definition) is 4. The van der Waals surface area contributed by atoms with E-state index in [1.807, 2.05) is 6.92 Å². The van der Waals surface area contributed by atoms with Gasteiger partial charge in [0.25, 0.3) is 0 Å². The van der Waals surface area contributed by atoms with Gasteiger partial charge in [-0.1, -0.05) is 18.5 Å². The monoisotopic (exact) mass is 227 g/mol. The Morgan fingerprint density at radius 3 is 2.44 bits per heavy atom. The number of nitrogens with zero attached hydrogens (tertiary/aromatic N) is 1. The van der Waals surface area contributed by atoms with Gasteiger partial charge in [0, 0.05) is 6.92 Å². The predicted octanol–water partition coefficient (Wildman–Crippen LogP) is 1.61. The molecule has 0 amide bonds. The zero-order valence-electron chi connectivity index (χ0n) is 9.60. The third-order valence-electron chi connectivity index (χ3n) is 2.85. The second-order valence-electron chi connectivity index (χ2n) is 4.21. The first-order valence-corrected chi connectivity index (χ1v) is 5.50. The molecule has 1 N–H and O–H groups in total. The van der Waals surface area contributed by atoms with E-state index in [0.717, 1.165) is 19.3 Å². The van der Waals surface area contributed by atoms with Gasteiger partial charge >= 0.3 is 5.97 Å². The van der Waals surface area contributed by atoms with Crippen LogP contribution in [-0.2, 0) is 14.4 Å². The number of ketones is 1. The van der Waals surface area contributed by atoms with E-state index in [2.05, 4.69) is 5.16 Å². The Morgan fingerprint density at radius 1 is 1.31 bits per heavy atom. The van der Waals surface area contributed by atoms with Crippen molar-refractivity contribution in [2.75, 3.05) is 0 Å². The van der Waals surface area contributed by atoms with Crippen molar-refractivity contribution in [3.63, 3.8) is 0 Å². The molecule has 0 heterocycles. The Balaban J connectivity index is 2.61. The molecule has 0 bridgehead atoms. The van der Waals surface area contributed by atoms with Crippen molar-refractivity contribution in [3.05, 3.63) is 0 Å². The first-order chi connectivity index (χ1) is 7.52. The molecule has 0 aromatic carbocycles. The first kappa shape index (κ1) is 12.7. The average molecular weight is 227 g/mol. The van der Waals surface area contributed by atoms with E-state index in [9.17, 15) is 9.59 Å². The SMILES string of the molecule is CC(=O)/C(=N\OC1CCCCC1C)C(=O)O. The van der Waals surface area contributed by atoms with Crippen LogP contribution in [0.1, 0.15) is 39.5 Å². The molecule has 5 heteroatoms. The number of carbonyl (C=O) groups excluding carboxylic acids is 1. The molecule has 0 spiro atoms. The van der Waals surface area contributed by atoms with Crippen molar-refractivity contribution >= 4 is 17.5 Å². The Kier molecular flexibility index (Phi) is 4.46. The van der Waals surface area contributed by atoms with Crippen LogP contribution < -0.4 is 0 Å². The molecule has 0 aromatic rings. The summed E-state index contributed by atoms with van der Waals surface area (Å²) in [5.41, 5.74) is -0.530. The minimum Gasteiger partial charge on any atom is -0.476 e. The molecule has 0 aromatic heterocycles. The van der Waals surface area contributed by atoms with Gasteiger partial charge in [-0.3, -0.25) is 4.79 Å². The maximum absolute atomic E-state index is 10.9. The number of rotatable bonds is 4. The van der Waals surface area contributed by atoms with Gasteiger partial charge in [0.05, 0.1) is 0 Å². The lowest BCUT2D eigenvalue weighted by atomic mass is 9.88. The summed E-state index contributed by atoms with van der Waals surface area (Å²) in [4.78, 5) is 26.8. The smallest absolute Gasteiger partial charge is 0.361 e. The topological polar surface area (TPSA) is 76.0 Å². The summed E-state index contributed by atoms with van der Waals surface area (Å²) in [5, 5.41) is 12.2. The molecule has 90 valence electrons. The molecule has 16 heavy (non-hydrogen) atoms. The molecule has 0 saturated heterocycles. The van der Waals surface area contributed by atoms with Crippen LogP contribution in [0.25, 0.3) is 0 Å². The summed E-state index contributed by atoms with van der Waals surface area (Å²) in [6.45, 7) is 3.22. The van der Waals surface area contributed by atoms with Gasteiger partial charge in [0.2, 0.25) is 5.71 Å². The van der Waals surface area contributed by atoms with Gasteiger partial charge in [0.15, 0.2) is 5.78 Å². The molecule has 1 rings (SSSR count). The summed E-state index contributed by atoms with van der Waals surface area (Å²) in [6, 6.07) is 0. The Labute approximate surface area is 94.5 Å². The number of Topliss-reactive ketones (excluding diaryl/α,β-unsaturated/α-hetero) is 1. The third-order valence-corrected chi connectivity index (χ3v) is 2.85. The van der Waals surface area contributed by atoms with E-state index in [1.54, 1.807) is 0 Å². The van der Waals surface area contributed by atoms with Gasteiger partial charge in [0.1, 0.15) is 6.10 Å². The second-order valence-corrected chi connectivity index (χ2v) is 4.21. The predicted molar refractivity (Wildman–Crippen MR) is 58.3 cm³/mol. The molecule has 2 unspecified atom stereocenters. The van der Waals surface area contributed by atoms with E-state index in [-0.39, 0.29) is 6.10 Å². The Bertz CT molecular complexity index is 295. The molecule has 1 fully saturated rings. The quantitative estimate of drug-likeness (QED) is 0.449. The minimum absolute atomic E-state index is 0.0672. The fourth-order valence-corrected chi connectivity index (χ4v) is 1.81. The largest absolute Gasteiger partial charge is 0.476 e. The summed E-state index contributed by atoms with van der Waals surface area (Å²) < 4.78 is 0. The second kappa shape index (κ2) is 5.63. The molecule has 1 aliphatic carbocycles. The van der Waals surface area contributed by atoms with E-state index >= 15 is 0 Å². The van der Waals surface area contributed by atoms with Crippen molar-refractivity contribution in [1.29, 1.82) is 0 Å². The van der Waals surface area contributed by atoms with Crippen LogP contribution in [0.15, 0.2) is 5.16 Å². The molecular weight excluding hydrogens is 210 g/mol. The van der Waals surface area contributed by atoms with Crippen LogP contribution in [-0.4, -0.2) is 28.7 Å². The van der Waals surface area contributed by atoms with E-state index < -0.39 is 17.5 Å². The lowest BCUT2D eigenvalue weighted by molar-refractivity contribution is -0.130. The van der Waals surface area contributed by atoms with Crippen molar-refractivity contribution in [2.45, 2.75) is 45.6 Å². The minimum atomic E-state index is -1.34. The van der Waals surface area contributed by atoms with Crippen molar-refractivity contribution in [1.82, 2.24) is 0 Å². The highest BCUT2D eigenvalue weighted by atomic mass is 16.6. The third kappa shape index (κ3) is 3.32. The van der Waals surface area contributed by atoms with Crippen LogP contribution in [0.5, 0.6) is 0 Å². The zero-order valence-corrected chi connectivity index (χ0v) is 9.60. The normalized spacial score (nSPS) is 26.2. The van der Waals surface area contributed by atoms with Gasteiger partial charge in [-0.2, -0.15) is 0 Å². The summed E-state index contributed by atoms with van der Waals surface area (Å²) in [6.07, 6.45) is 4.09. The number of hydrogen-bond donors (Lipinski definition) is 1. The van der Waals surface area contributed by atoms with Crippen LogP contribution >= 0.6 is 0 Å². The fraction of sp³-hybridized carbons (Fsp3) is 0.727. The lowest BCUT2D eigenvalue weighted by Gasteiger charge is -2.26. The standard InChI is InChI=1S/C11H17NO4/c1-7-5-3-4-6-9(7)16-12-10(8(2)13)11(14)15/h7,9H,3-6H2,1-2H3,(H,14,15)/b12-10+. The number of carbonyl (C=O) groups is 2. The molecule has 0 radical (unpaired) electrons. The van der Waals surface area contributed by atoms with Gasteiger partial charge in [-0.05, 0) is 25.2 Å². The fourth-order valence-electron chi connectivity index (χ4n) is 1.81. The van der Waals surface area contributed by atoms with E-state index in [4.69, 9.17) is 9.94 Å². The zero-order chi connectivity index (χ0) is 12.1. The molecule has 1 aliphatic rings. The highest BCUT2D eigenvalue weighted by molar-refractivity contribution is 6.63. The van der Waals surface area contributed by atoms with E-state index in [1.165, 1.54) is 13.3 Å². The van der Waals surface area contributed by atoms with Crippen molar-refractivity contribution in [2.24, 2.45) is 11.1 Å². The Hall–Kier alpha value is -1.39. The number of aliphatic carboxylic acids is 1. The number of carboxylic acid groups (broad SMARTS) is 1. The van der Waals surface area contributed by atoms with Crippen molar-refractivity contribution < 1.29 is 19.5 Å². The number of oxime groups is 1. The first-order valence-electron chi connectivity index (χ1n) is 5.50. The molecule has 5 nitrogen and oxygen atoms in total. The van der Waals surface area contributed by atoms with Gasteiger partial charge in [-0.25, -0.2) is 4.79 Å². The van der Waals surface area contributed by atoms with Crippen LogP contribution in [0.3, 0.4) is 0 Å². The molecule has 2 atom stereocenters. The lowest BCUT2D eigenvalue weighted by Crippen LogP contribution is -2.27. The highest BCUT2D eigenvalue weighted by Gasteiger charge is 2.24. The maximum Gasteiger partial charge on any atom is 0.361 e. The van der Waals surface area contributed by atoms with E-state index in [0.29, 0.717) is 5.92 Å². The van der Waals surface area contributed by atoms with Gasteiger partial charge in [-0.15, -0.1) is 0 Å². The average Bonchev–Trinajstić information content (AvgIpc) is 2.20. The van der Waals surface area contributed by atoms with Crippen molar-refractivity contribution in [3.8, 4) is 0 Å².